The summed E-state index contributed by atoms with van der Waals surface area (Å²) in [5, 5.41) is 19.1. The molecule has 1 aliphatic rings. The molecule has 1 aromatic rings. The van der Waals surface area contributed by atoms with Gasteiger partial charge in [-0.1, -0.05) is 25.7 Å². The maximum Gasteiger partial charge on any atom is 0.247 e. The second kappa shape index (κ2) is 10.6. The van der Waals surface area contributed by atoms with Crippen LogP contribution in [0.25, 0.3) is 0 Å². The third-order valence-electron chi connectivity index (χ3n) is 5.19. The summed E-state index contributed by atoms with van der Waals surface area (Å²) >= 11 is 0. The van der Waals surface area contributed by atoms with Gasteiger partial charge < -0.3 is 19.8 Å². The Labute approximate surface area is 180 Å². The summed E-state index contributed by atoms with van der Waals surface area (Å²) in [4.78, 5) is 2.24. The first-order valence-corrected chi connectivity index (χ1v) is 11.9. The van der Waals surface area contributed by atoms with Gasteiger partial charge in [-0.25, -0.2) is 8.42 Å². The molecule has 0 bridgehead atoms. The van der Waals surface area contributed by atoms with E-state index in [1.54, 1.807) is 26.0 Å². The number of aliphatic hydroxyl groups excluding tert-OH is 2. The number of sulfonamides is 1. The highest BCUT2D eigenvalue weighted by Gasteiger charge is 2.38. The largest absolute Gasteiger partial charge is 0.487 e. The highest BCUT2D eigenvalue weighted by atomic mass is 32.2. The first-order valence-electron chi connectivity index (χ1n) is 10.4. The fourth-order valence-electron chi connectivity index (χ4n) is 3.49. The number of ether oxygens (including phenoxy) is 1. The van der Waals surface area contributed by atoms with Crippen molar-refractivity contribution in [1.29, 1.82) is 0 Å². The molecule has 1 aliphatic heterocycles. The van der Waals surface area contributed by atoms with E-state index in [4.69, 9.17) is 4.74 Å². The predicted molar refractivity (Wildman–Crippen MR) is 117 cm³/mol. The lowest BCUT2D eigenvalue weighted by molar-refractivity contribution is 0.0752. The molecule has 0 unspecified atom stereocenters. The van der Waals surface area contributed by atoms with Gasteiger partial charge in [0.1, 0.15) is 22.9 Å². The molecule has 0 fully saturated rings. The standard InChI is InChI=1S/C22H34N2O5S/c1-6-11-23(5)14-21-16(2)13-24(17(3)15-25)30(27,28)22-10-9-19(8-7-18(4)26)12-20(22)29-21/h9-10,12,16-18,21,25-26H,6,11,13-15H2,1-5H3/t16-,17-,18-,21-/m1/s1. The Morgan fingerprint density at radius 2 is 2.07 bits per heavy atom. The van der Waals surface area contributed by atoms with Gasteiger partial charge in [-0.05, 0) is 52.1 Å². The molecule has 2 N–H and O–H groups in total. The van der Waals surface area contributed by atoms with Gasteiger partial charge in [-0.3, -0.25) is 0 Å². The van der Waals surface area contributed by atoms with Crippen LogP contribution in [0.2, 0.25) is 0 Å². The van der Waals surface area contributed by atoms with Gasteiger partial charge in [0.25, 0.3) is 0 Å². The second-order valence-electron chi connectivity index (χ2n) is 8.11. The molecule has 4 atom stereocenters. The van der Waals surface area contributed by atoms with Crippen molar-refractivity contribution in [3.05, 3.63) is 23.8 Å². The van der Waals surface area contributed by atoms with Gasteiger partial charge in [0, 0.05) is 30.6 Å². The molecule has 0 amide bonds. The number of benzene rings is 1. The molecule has 0 aliphatic carbocycles. The summed E-state index contributed by atoms with van der Waals surface area (Å²) in [5.74, 6) is 5.69. The normalized spacial score (nSPS) is 23.3. The van der Waals surface area contributed by atoms with Crippen LogP contribution in [0.4, 0.5) is 0 Å². The van der Waals surface area contributed by atoms with Crippen molar-refractivity contribution in [2.75, 3.05) is 33.3 Å². The topological polar surface area (TPSA) is 90.3 Å². The molecular weight excluding hydrogens is 404 g/mol. The van der Waals surface area contributed by atoms with Crippen molar-refractivity contribution in [3.8, 4) is 17.6 Å². The molecular formula is C22H34N2O5S. The Balaban J connectivity index is 2.56. The molecule has 30 heavy (non-hydrogen) atoms. The van der Waals surface area contributed by atoms with Crippen LogP contribution in [0.15, 0.2) is 23.1 Å². The highest BCUT2D eigenvalue weighted by molar-refractivity contribution is 7.89. The Bertz CT molecular complexity index is 875. The number of hydrogen-bond donors (Lipinski definition) is 2. The molecule has 0 spiro atoms. The first kappa shape index (κ1) is 24.6. The summed E-state index contributed by atoms with van der Waals surface area (Å²) < 4.78 is 34.4. The van der Waals surface area contributed by atoms with Crippen molar-refractivity contribution in [2.24, 2.45) is 5.92 Å². The van der Waals surface area contributed by atoms with E-state index in [0.717, 1.165) is 13.0 Å². The van der Waals surface area contributed by atoms with Gasteiger partial charge in [0.05, 0.1) is 6.61 Å². The van der Waals surface area contributed by atoms with Gasteiger partial charge in [-0.15, -0.1) is 0 Å². The molecule has 0 aromatic heterocycles. The zero-order valence-corrected chi connectivity index (χ0v) is 19.3. The van der Waals surface area contributed by atoms with Crippen molar-refractivity contribution in [3.63, 3.8) is 0 Å². The molecule has 0 radical (unpaired) electrons. The van der Waals surface area contributed by atoms with Crippen LogP contribution in [0.1, 0.15) is 39.7 Å². The molecule has 1 heterocycles. The summed E-state index contributed by atoms with van der Waals surface area (Å²) in [5.41, 5.74) is 0.570. The number of nitrogens with zero attached hydrogens (tertiary/aromatic N) is 2. The van der Waals surface area contributed by atoms with E-state index in [9.17, 15) is 18.6 Å². The van der Waals surface area contributed by atoms with Crippen molar-refractivity contribution >= 4 is 10.0 Å². The third kappa shape index (κ3) is 5.96. The summed E-state index contributed by atoms with van der Waals surface area (Å²) in [6.07, 6.45) is -0.00725. The fourth-order valence-corrected chi connectivity index (χ4v) is 5.31. The molecule has 2 rings (SSSR count). The SMILES string of the molecule is CCCN(C)C[C@H]1Oc2cc(C#C[C@@H](C)O)ccc2S(=O)(=O)N([C@H](C)CO)C[C@H]1C. The van der Waals surface area contributed by atoms with Crippen LogP contribution < -0.4 is 4.74 Å². The number of aliphatic hydroxyl groups is 2. The van der Waals surface area contributed by atoms with Gasteiger partial charge in [-0.2, -0.15) is 4.31 Å². The molecule has 0 saturated heterocycles. The van der Waals surface area contributed by atoms with E-state index in [2.05, 4.69) is 23.7 Å². The van der Waals surface area contributed by atoms with Crippen molar-refractivity contribution < 1.29 is 23.4 Å². The van der Waals surface area contributed by atoms with E-state index < -0.39 is 22.2 Å². The lowest BCUT2D eigenvalue weighted by atomic mass is 10.0. The van der Waals surface area contributed by atoms with Crippen LogP contribution in [0.5, 0.6) is 5.75 Å². The number of fused-ring (bicyclic) bond motifs is 1. The molecule has 168 valence electrons. The van der Waals surface area contributed by atoms with Crippen molar-refractivity contribution in [1.82, 2.24) is 9.21 Å². The quantitative estimate of drug-likeness (QED) is 0.655. The van der Waals surface area contributed by atoms with Gasteiger partial charge >= 0.3 is 0 Å². The predicted octanol–water partition coefficient (Wildman–Crippen LogP) is 1.53. The molecule has 1 aromatic carbocycles. The highest BCUT2D eigenvalue weighted by Crippen LogP contribution is 2.34. The molecule has 0 saturated carbocycles. The third-order valence-corrected chi connectivity index (χ3v) is 7.21. The van der Waals surface area contributed by atoms with E-state index in [1.165, 1.54) is 10.4 Å². The minimum Gasteiger partial charge on any atom is -0.487 e. The van der Waals surface area contributed by atoms with E-state index in [0.29, 0.717) is 12.1 Å². The molecule has 7 nitrogen and oxygen atoms in total. The van der Waals surface area contributed by atoms with Gasteiger partial charge in [0.15, 0.2) is 0 Å². The summed E-state index contributed by atoms with van der Waals surface area (Å²) in [6, 6.07) is 4.18. The van der Waals surface area contributed by atoms with Crippen LogP contribution in [-0.2, 0) is 10.0 Å². The number of rotatable bonds is 6. The summed E-state index contributed by atoms with van der Waals surface area (Å²) in [7, 11) is -1.84. The van der Waals surface area contributed by atoms with Crippen LogP contribution >= 0.6 is 0 Å². The Kier molecular flexibility index (Phi) is 8.71. The first-order chi connectivity index (χ1) is 14.1. The number of hydrogen-bond acceptors (Lipinski definition) is 6. The van der Waals surface area contributed by atoms with Crippen LogP contribution in [0, 0.1) is 17.8 Å². The Morgan fingerprint density at radius 1 is 1.37 bits per heavy atom. The van der Waals surface area contributed by atoms with Gasteiger partial charge in [0.2, 0.25) is 10.0 Å². The fraction of sp³-hybridized carbons (Fsp3) is 0.636. The minimum absolute atomic E-state index is 0.0699. The minimum atomic E-state index is -3.86. The Morgan fingerprint density at radius 3 is 2.67 bits per heavy atom. The number of likely N-dealkylation sites (N-methyl/N-ethyl adjacent to an activating group) is 1. The molecule has 8 heteroatoms. The zero-order valence-electron chi connectivity index (χ0n) is 18.5. The average Bonchev–Trinajstić information content (AvgIpc) is 2.68. The Hall–Kier alpha value is -1.63. The monoisotopic (exact) mass is 438 g/mol. The van der Waals surface area contributed by atoms with Crippen molar-refractivity contribution in [2.45, 2.75) is 57.3 Å². The second-order valence-corrected chi connectivity index (χ2v) is 9.97. The lowest BCUT2D eigenvalue weighted by Gasteiger charge is -2.37. The van der Waals surface area contributed by atoms with E-state index >= 15 is 0 Å². The van der Waals surface area contributed by atoms with E-state index in [-0.39, 0.29) is 35.8 Å². The van der Waals surface area contributed by atoms with E-state index in [1.807, 2.05) is 14.0 Å². The van der Waals surface area contributed by atoms with Crippen LogP contribution in [0.3, 0.4) is 0 Å². The van der Waals surface area contributed by atoms with Crippen LogP contribution in [-0.4, -0.2) is 79.4 Å². The maximum absolute atomic E-state index is 13.4. The zero-order chi connectivity index (χ0) is 22.5. The smallest absolute Gasteiger partial charge is 0.247 e. The summed E-state index contributed by atoms with van der Waals surface area (Å²) in [6.45, 7) is 8.91. The lowest BCUT2D eigenvalue weighted by Crippen LogP contribution is -2.49. The maximum atomic E-state index is 13.4. The average molecular weight is 439 g/mol.